The number of sulfonamides is 1. The van der Waals surface area contributed by atoms with Gasteiger partial charge in [0.25, 0.3) is 0 Å². The SMILES string of the molecule is COC(=O)c1cc(OC)c(OC)cc1NC(=O)CCCN(c1ccc(OC)c(Cl)c1)S(C)(=O)=O. The van der Waals surface area contributed by atoms with Crippen molar-refractivity contribution in [1.29, 1.82) is 0 Å². The van der Waals surface area contributed by atoms with Gasteiger partial charge in [-0.25, -0.2) is 13.2 Å². The van der Waals surface area contributed by atoms with E-state index in [1.807, 2.05) is 0 Å². The van der Waals surface area contributed by atoms with Gasteiger partial charge < -0.3 is 24.3 Å². The van der Waals surface area contributed by atoms with E-state index >= 15 is 0 Å². The van der Waals surface area contributed by atoms with Crippen molar-refractivity contribution in [2.75, 3.05) is 50.9 Å². The van der Waals surface area contributed by atoms with Gasteiger partial charge in [0.15, 0.2) is 11.5 Å². The lowest BCUT2D eigenvalue weighted by Crippen LogP contribution is -2.31. The van der Waals surface area contributed by atoms with Crippen LogP contribution in [0.2, 0.25) is 5.02 Å². The maximum Gasteiger partial charge on any atom is 0.340 e. The predicted molar refractivity (Wildman–Crippen MR) is 129 cm³/mol. The summed E-state index contributed by atoms with van der Waals surface area (Å²) >= 11 is 6.13. The van der Waals surface area contributed by atoms with Crippen molar-refractivity contribution in [3.05, 3.63) is 40.9 Å². The molecule has 1 N–H and O–H groups in total. The van der Waals surface area contributed by atoms with Crippen LogP contribution in [-0.2, 0) is 19.6 Å². The van der Waals surface area contributed by atoms with Crippen molar-refractivity contribution in [1.82, 2.24) is 0 Å². The third-order valence-electron chi connectivity index (χ3n) is 4.79. The van der Waals surface area contributed by atoms with E-state index in [9.17, 15) is 18.0 Å². The van der Waals surface area contributed by atoms with E-state index in [0.29, 0.717) is 22.9 Å². The molecule has 2 rings (SSSR count). The van der Waals surface area contributed by atoms with E-state index in [2.05, 4.69) is 5.32 Å². The Morgan fingerprint density at radius 2 is 1.59 bits per heavy atom. The highest BCUT2D eigenvalue weighted by atomic mass is 35.5. The number of benzene rings is 2. The second kappa shape index (κ2) is 11.8. The van der Waals surface area contributed by atoms with Crippen LogP contribution in [0.1, 0.15) is 23.2 Å². The average Bonchev–Trinajstić information content (AvgIpc) is 2.80. The molecular weight excluding hydrogens is 488 g/mol. The molecule has 10 nitrogen and oxygen atoms in total. The molecule has 0 aliphatic heterocycles. The summed E-state index contributed by atoms with van der Waals surface area (Å²) in [6.45, 7) is 0.0324. The van der Waals surface area contributed by atoms with Gasteiger partial charge in [-0.05, 0) is 24.6 Å². The molecule has 0 atom stereocenters. The minimum Gasteiger partial charge on any atom is -0.495 e. The first-order chi connectivity index (χ1) is 16.0. The molecule has 34 heavy (non-hydrogen) atoms. The Kier molecular flexibility index (Phi) is 9.39. The second-order valence-corrected chi connectivity index (χ2v) is 9.36. The maximum absolute atomic E-state index is 12.6. The van der Waals surface area contributed by atoms with E-state index in [1.54, 1.807) is 12.1 Å². The summed E-state index contributed by atoms with van der Waals surface area (Å²) in [5, 5.41) is 2.91. The second-order valence-electron chi connectivity index (χ2n) is 7.05. The Morgan fingerprint density at radius 3 is 2.12 bits per heavy atom. The fourth-order valence-electron chi connectivity index (χ4n) is 3.15. The number of hydrogen-bond acceptors (Lipinski definition) is 8. The Labute approximate surface area is 203 Å². The van der Waals surface area contributed by atoms with E-state index in [0.717, 1.165) is 10.6 Å². The van der Waals surface area contributed by atoms with E-state index < -0.39 is 21.9 Å². The quantitative estimate of drug-likeness (QED) is 0.453. The number of nitrogens with zero attached hydrogens (tertiary/aromatic N) is 1. The van der Waals surface area contributed by atoms with Crippen molar-refractivity contribution < 1.29 is 37.0 Å². The Balaban J connectivity index is 2.16. The molecule has 0 heterocycles. The van der Waals surface area contributed by atoms with Crippen LogP contribution in [0.3, 0.4) is 0 Å². The number of nitrogens with one attached hydrogen (secondary N) is 1. The minimum absolute atomic E-state index is 0.0230. The Hall–Kier alpha value is -3.18. The third-order valence-corrected chi connectivity index (χ3v) is 6.28. The summed E-state index contributed by atoms with van der Waals surface area (Å²) in [7, 11) is 1.88. The molecule has 2 aromatic rings. The molecule has 0 saturated carbocycles. The summed E-state index contributed by atoms with van der Waals surface area (Å²) in [5.41, 5.74) is 0.608. The highest BCUT2D eigenvalue weighted by Gasteiger charge is 2.21. The van der Waals surface area contributed by atoms with Crippen LogP contribution in [-0.4, -0.2) is 61.5 Å². The number of carbonyl (C=O) groups excluding carboxylic acids is 2. The van der Waals surface area contributed by atoms with Gasteiger partial charge in [0.2, 0.25) is 15.9 Å². The third kappa shape index (κ3) is 6.67. The zero-order valence-electron chi connectivity index (χ0n) is 19.5. The van der Waals surface area contributed by atoms with Crippen molar-refractivity contribution in [3.8, 4) is 17.2 Å². The summed E-state index contributed by atoms with van der Waals surface area (Å²) in [6, 6.07) is 7.46. The molecule has 0 aromatic heterocycles. The largest absolute Gasteiger partial charge is 0.495 e. The number of halogens is 1. The van der Waals surface area contributed by atoms with Crippen LogP contribution < -0.4 is 23.8 Å². The fourth-order valence-corrected chi connectivity index (χ4v) is 4.36. The number of carbonyl (C=O) groups is 2. The van der Waals surface area contributed by atoms with E-state index in [4.69, 9.17) is 30.5 Å². The molecule has 12 heteroatoms. The highest BCUT2D eigenvalue weighted by Crippen LogP contribution is 2.34. The molecule has 1 amide bonds. The normalized spacial score (nSPS) is 10.9. The standard InChI is InChI=1S/C22H27ClN2O8S/c1-30-18-9-8-14(11-16(18)23)25(34(5,28)29)10-6-7-21(26)24-17-13-20(32-3)19(31-2)12-15(17)22(27)33-4/h8-9,11-13H,6-7,10H2,1-5H3,(H,24,26). The first-order valence-corrected chi connectivity index (χ1v) is 12.2. The van der Waals surface area contributed by atoms with Crippen LogP contribution in [0, 0.1) is 0 Å². The molecule has 186 valence electrons. The topological polar surface area (TPSA) is 120 Å². The Morgan fingerprint density at radius 1 is 0.971 bits per heavy atom. The summed E-state index contributed by atoms with van der Waals surface area (Å²) in [4.78, 5) is 24.8. The number of rotatable bonds is 11. The van der Waals surface area contributed by atoms with Crippen LogP contribution in [0.15, 0.2) is 30.3 Å². The molecule has 2 aromatic carbocycles. The number of esters is 1. The van der Waals surface area contributed by atoms with Crippen LogP contribution in [0.25, 0.3) is 0 Å². The monoisotopic (exact) mass is 514 g/mol. The Bertz CT molecular complexity index is 1150. The molecule has 0 spiro atoms. The summed E-state index contributed by atoms with van der Waals surface area (Å²) < 4.78 is 46.1. The van der Waals surface area contributed by atoms with Crippen molar-refractivity contribution >= 4 is 44.9 Å². The van der Waals surface area contributed by atoms with Gasteiger partial charge in [0, 0.05) is 25.1 Å². The fraction of sp³-hybridized carbons (Fsp3) is 0.364. The molecule has 0 radical (unpaired) electrons. The van der Waals surface area contributed by atoms with Gasteiger partial charge in [-0.15, -0.1) is 0 Å². The van der Waals surface area contributed by atoms with Gasteiger partial charge in [-0.2, -0.15) is 0 Å². The van der Waals surface area contributed by atoms with Gasteiger partial charge in [-0.1, -0.05) is 11.6 Å². The summed E-state index contributed by atoms with van der Waals surface area (Å²) in [6.07, 6.45) is 1.24. The number of methoxy groups -OCH3 is 4. The van der Waals surface area contributed by atoms with Gasteiger partial charge >= 0.3 is 5.97 Å². The molecule has 0 saturated heterocycles. The number of ether oxygens (including phenoxy) is 4. The van der Waals surface area contributed by atoms with E-state index in [1.165, 1.54) is 46.6 Å². The first kappa shape index (κ1) is 27.1. The van der Waals surface area contributed by atoms with E-state index in [-0.39, 0.29) is 35.7 Å². The van der Waals surface area contributed by atoms with Crippen LogP contribution in [0.5, 0.6) is 17.2 Å². The highest BCUT2D eigenvalue weighted by molar-refractivity contribution is 7.92. The molecule has 0 aliphatic rings. The van der Waals surface area contributed by atoms with Gasteiger partial charge in [0.1, 0.15) is 5.75 Å². The van der Waals surface area contributed by atoms with Gasteiger partial charge in [0.05, 0.1) is 56.7 Å². The van der Waals surface area contributed by atoms with Crippen molar-refractivity contribution in [3.63, 3.8) is 0 Å². The summed E-state index contributed by atoms with van der Waals surface area (Å²) in [5.74, 6) is -0.0861. The predicted octanol–water partition coefficient (Wildman–Crippen LogP) is 3.34. The molecular formula is C22H27ClN2O8S. The van der Waals surface area contributed by atoms with Crippen molar-refractivity contribution in [2.45, 2.75) is 12.8 Å². The minimum atomic E-state index is -3.64. The van der Waals surface area contributed by atoms with Crippen LogP contribution >= 0.6 is 11.6 Å². The zero-order chi connectivity index (χ0) is 25.5. The lowest BCUT2D eigenvalue weighted by molar-refractivity contribution is -0.116. The molecule has 0 fully saturated rings. The average molecular weight is 515 g/mol. The number of amides is 1. The number of anilines is 2. The molecule has 0 bridgehead atoms. The zero-order valence-corrected chi connectivity index (χ0v) is 21.1. The smallest absolute Gasteiger partial charge is 0.340 e. The lowest BCUT2D eigenvalue weighted by atomic mass is 10.1. The first-order valence-electron chi connectivity index (χ1n) is 10.0. The maximum atomic E-state index is 12.6. The molecule has 0 unspecified atom stereocenters. The number of hydrogen-bond donors (Lipinski definition) is 1. The lowest BCUT2D eigenvalue weighted by Gasteiger charge is -2.23. The van der Waals surface area contributed by atoms with Gasteiger partial charge in [-0.3, -0.25) is 9.10 Å². The molecule has 0 aliphatic carbocycles. The van der Waals surface area contributed by atoms with Crippen molar-refractivity contribution in [2.24, 2.45) is 0 Å². The van der Waals surface area contributed by atoms with Crippen LogP contribution in [0.4, 0.5) is 11.4 Å².